The molecule has 0 radical (unpaired) electrons. The third-order valence-electron chi connectivity index (χ3n) is 4.34. The summed E-state index contributed by atoms with van der Waals surface area (Å²) in [7, 11) is 0. The number of alkyl halides is 3. The van der Waals surface area contributed by atoms with E-state index in [9.17, 15) is 13.2 Å². The highest BCUT2D eigenvalue weighted by Gasteiger charge is 2.39. The van der Waals surface area contributed by atoms with Crippen LogP contribution in [0.4, 0.5) is 13.2 Å². The second-order valence-corrected chi connectivity index (χ2v) is 6.34. The van der Waals surface area contributed by atoms with Crippen LogP contribution in [0.15, 0.2) is 36.4 Å². The Bertz CT molecular complexity index is 670. The lowest BCUT2D eigenvalue weighted by Gasteiger charge is -2.21. The van der Waals surface area contributed by atoms with Crippen LogP contribution < -0.4 is 10.5 Å². The van der Waals surface area contributed by atoms with Gasteiger partial charge >= 0.3 is 6.18 Å². The molecule has 0 aliphatic heterocycles. The largest absolute Gasteiger partial charge is 0.493 e. The molecule has 25 heavy (non-hydrogen) atoms. The van der Waals surface area contributed by atoms with Crippen molar-refractivity contribution in [2.24, 2.45) is 5.73 Å². The molecular weight excluding hydrogens is 327 g/mol. The molecule has 0 saturated carbocycles. The van der Waals surface area contributed by atoms with Gasteiger partial charge in [-0.3, -0.25) is 0 Å². The number of halogens is 3. The summed E-state index contributed by atoms with van der Waals surface area (Å²) < 4.78 is 45.1. The Kier molecular flexibility index (Phi) is 7.12. The minimum absolute atomic E-state index is 0.00261. The maximum absolute atomic E-state index is 13.1. The van der Waals surface area contributed by atoms with Gasteiger partial charge in [0.05, 0.1) is 6.61 Å². The van der Waals surface area contributed by atoms with Crippen molar-refractivity contribution in [1.82, 2.24) is 0 Å². The molecule has 1 atom stereocenters. The molecule has 5 heteroatoms. The van der Waals surface area contributed by atoms with Crippen molar-refractivity contribution in [1.29, 1.82) is 0 Å². The molecule has 2 nitrogen and oxygen atoms in total. The molecule has 0 bridgehead atoms. The van der Waals surface area contributed by atoms with Gasteiger partial charge in [0.1, 0.15) is 11.8 Å². The standard InChI is InChI=1S/C20H26F3NO/c1-2-3-4-5-6-9-14-25-18-16-11-8-7-10-15(16)12-13-17(18)19(24)20(21,22)23/h7-8,10-13,19H,2-6,9,14,24H2,1H3/t19-/m0/s1. The Morgan fingerprint density at radius 1 is 0.960 bits per heavy atom. The quantitative estimate of drug-likeness (QED) is 0.549. The summed E-state index contributed by atoms with van der Waals surface area (Å²) in [6.45, 7) is 2.56. The first kappa shape index (κ1) is 19.6. The van der Waals surface area contributed by atoms with Crippen LogP contribution in [0, 0.1) is 0 Å². The average molecular weight is 353 g/mol. The van der Waals surface area contributed by atoms with E-state index >= 15 is 0 Å². The number of rotatable bonds is 9. The molecule has 0 aliphatic carbocycles. The Morgan fingerprint density at radius 2 is 1.64 bits per heavy atom. The fourth-order valence-corrected chi connectivity index (χ4v) is 2.90. The summed E-state index contributed by atoms with van der Waals surface area (Å²) in [5.41, 5.74) is 5.44. The van der Waals surface area contributed by atoms with Crippen LogP contribution in [-0.4, -0.2) is 12.8 Å². The van der Waals surface area contributed by atoms with Crippen molar-refractivity contribution in [3.63, 3.8) is 0 Å². The zero-order valence-corrected chi connectivity index (χ0v) is 14.6. The molecule has 0 heterocycles. The van der Waals surface area contributed by atoms with E-state index in [0.717, 1.165) is 24.6 Å². The van der Waals surface area contributed by atoms with Crippen molar-refractivity contribution in [3.8, 4) is 5.75 Å². The van der Waals surface area contributed by atoms with Gasteiger partial charge in [-0.15, -0.1) is 0 Å². The average Bonchev–Trinajstić information content (AvgIpc) is 2.59. The van der Waals surface area contributed by atoms with Gasteiger partial charge in [0.2, 0.25) is 0 Å². The van der Waals surface area contributed by atoms with Crippen molar-refractivity contribution in [2.75, 3.05) is 6.61 Å². The van der Waals surface area contributed by atoms with Crippen molar-refractivity contribution < 1.29 is 17.9 Å². The number of nitrogens with two attached hydrogens (primary N) is 1. The first-order valence-corrected chi connectivity index (χ1v) is 8.92. The van der Waals surface area contributed by atoms with Gasteiger partial charge in [-0.2, -0.15) is 13.2 Å². The van der Waals surface area contributed by atoms with Crippen LogP contribution >= 0.6 is 0 Å². The van der Waals surface area contributed by atoms with E-state index in [2.05, 4.69) is 6.92 Å². The predicted octanol–water partition coefficient (Wildman–Crippen LogP) is 6.14. The van der Waals surface area contributed by atoms with Crippen LogP contribution in [0.25, 0.3) is 10.8 Å². The lowest BCUT2D eigenvalue weighted by molar-refractivity contribution is -0.149. The van der Waals surface area contributed by atoms with E-state index in [1.54, 1.807) is 18.2 Å². The summed E-state index contributed by atoms with van der Waals surface area (Å²) >= 11 is 0. The third kappa shape index (κ3) is 5.36. The molecule has 0 fully saturated rings. The molecule has 2 rings (SSSR count). The number of hydrogen-bond donors (Lipinski definition) is 1. The summed E-state index contributed by atoms with van der Waals surface area (Å²) in [6, 6.07) is 8.32. The Labute approximate surface area is 147 Å². The van der Waals surface area contributed by atoms with Crippen LogP contribution in [-0.2, 0) is 0 Å². The van der Waals surface area contributed by atoms with Gasteiger partial charge in [-0.25, -0.2) is 0 Å². The molecule has 2 N–H and O–H groups in total. The van der Waals surface area contributed by atoms with Crippen molar-refractivity contribution >= 4 is 10.8 Å². The highest BCUT2D eigenvalue weighted by atomic mass is 19.4. The SMILES string of the molecule is CCCCCCCCOc1c([C@H](N)C(F)(F)F)ccc2ccccc12. The van der Waals surface area contributed by atoms with E-state index < -0.39 is 12.2 Å². The van der Waals surface area contributed by atoms with Crippen LogP contribution in [0.2, 0.25) is 0 Å². The third-order valence-corrected chi connectivity index (χ3v) is 4.34. The lowest BCUT2D eigenvalue weighted by Crippen LogP contribution is -2.29. The molecule has 0 unspecified atom stereocenters. The Morgan fingerprint density at radius 3 is 2.36 bits per heavy atom. The van der Waals surface area contributed by atoms with Crippen LogP contribution in [0.1, 0.15) is 57.1 Å². The van der Waals surface area contributed by atoms with Gasteiger partial charge in [0, 0.05) is 10.9 Å². The van der Waals surface area contributed by atoms with Gasteiger partial charge in [-0.05, 0) is 11.8 Å². The first-order chi connectivity index (χ1) is 11.9. The minimum atomic E-state index is -4.50. The highest BCUT2D eigenvalue weighted by molar-refractivity contribution is 5.89. The number of hydrogen-bond acceptors (Lipinski definition) is 2. The van der Waals surface area contributed by atoms with Crippen LogP contribution in [0.3, 0.4) is 0 Å². The van der Waals surface area contributed by atoms with Crippen molar-refractivity contribution in [3.05, 3.63) is 42.0 Å². The monoisotopic (exact) mass is 353 g/mol. The number of fused-ring (bicyclic) bond motifs is 1. The molecule has 2 aromatic carbocycles. The highest BCUT2D eigenvalue weighted by Crippen LogP contribution is 2.39. The second-order valence-electron chi connectivity index (χ2n) is 6.34. The summed E-state index contributed by atoms with van der Waals surface area (Å²) in [5, 5.41) is 1.52. The van der Waals surface area contributed by atoms with E-state index in [-0.39, 0.29) is 11.3 Å². The van der Waals surface area contributed by atoms with Crippen LogP contribution in [0.5, 0.6) is 5.75 Å². The molecule has 0 aromatic heterocycles. The molecule has 0 amide bonds. The fraction of sp³-hybridized carbons (Fsp3) is 0.500. The second kappa shape index (κ2) is 9.09. The van der Waals surface area contributed by atoms with Gasteiger partial charge < -0.3 is 10.5 Å². The minimum Gasteiger partial charge on any atom is -0.493 e. The number of benzene rings is 2. The Balaban J connectivity index is 2.14. The molecule has 0 spiro atoms. The topological polar surface area (TPSA) is 35.2 Å². The number of ether oxygens (including phenoxy) is 1. The molecule has 0 aliphatic rings. The smallest absolute Gasteiger partial charge is 0.407 e. The number of unbranched alkanes of at least 4 members (excludes halogenated alkanes) is 5. The normalized spacial score (nSPS) is 13.2. The van der Waals surface area contributed by atoms with Crippen molar-refractivity contribution in [2.45, 2.75) is 57.7 Å². The Hall–Kier alpha value is -1.75. The first-order valence-electron chi connectivity index (χ1n) is 8.92. The van der Waals surface area contributed by atoms with Gasteiger partial charge in [-0.1, -0.05) is 75.4 Å². The van der Waals surface area contributed by atoms with E-state index in [0.29, 0.717) is 12.0 Å². The molecule has 0 saturated heterocycles. The maximum atomic E-state index is 13.1. The zero-order valence-electron chi connectivity index (χ0n) is 14.6. The molecule has 2 aromatic rings. The van der Waals surface area contributed by atoms with Gasteiger partial charge in [0.25, 0.3) is 0 Å². The summed E-state index contributed by atoms with van der Waals surface area (Å²) in [5.74, 6) is 0.261. The van der Waals surface area contributed by atoms with E-state index in [1.807, 2.05) is 12.1 Å². The maximum Gasteiger partial charge on any atom is 0.407 e. The lowest BCUT2D eigenvalue weighted by atomic mass is 10.00. The van der Waals surface area contributed by atoms with Gasteiger partial charge in [0.15, 0.2) is 0 Å². The fourth-order valence-electron chi connectivity index (χ4n) is 2.90. The summed E-state index contributed by atoms with van der Waals surface area (Å²) in [4.78, 5) is 0. The summed E-state index contributed by atoms with van der Waals surface area (Å²) in [6.07, 6.45) is 2.07. The van der Waals surface area contributed by atoms with E-state index in [1.165, 1.54) is 25.3 Å². The molecular formula is C20H26F3NO. The zero-order chi connectivity index (χ0) is 18.3. The van der Waals surface area contributed by atoms with E-state index in [4.69, 9.17) is 10.5 Å². The predicted molar refractivity (Wildman–Crippen MR) is 95.8 cm³/mol. The molecule has 138 valence electrons.